The molecule has 0 radical (unpaired) electrons. The van der Waals surface area contributed by atoms with Crippen molar-refractivity contribution >= 4 is 28.0 Å². The lowest BCUT2D eigenvalue weighted by atomic mass is 10.0. The van der Waals surface area contributed by atoms with Gasteiger partial charge in [-0.15, -0.1) is 4.28 Å². The summed E-state index contributed by atoms with van der Waals surface area (Å²) < 4.78 is 34.7. The van der Waals surface area contributed by atoms with Crippen LogP contribution >= 0.6 is 0 Å². The predicted molar refractivity (Wildman–Crippen MR) is 80.1 cm³/mol. The molecule has 3 rings (SSSR count). The van der Waals surface area contributed by atoms with Crippen LogP contribution < -0.4 is 5.32 Å². The maximum absolute atomic E-state index is 12.4. The number of phenolic OH excluding ortho intramolecular Hbond substituents is 1. The number of aromatic hydroxyl groups is 1. The molecule has 1 aromatic carbocycles. The number of amides is 3. The van der Waals surface area contributed by atoms with Crippen LogP contribution in [-0.4, -0.2) is 58.6 Å². The lowest BCUT2D eigenvalue weighted by molar-refractivity contribution is -0.120. The fourth-order valence-corrected chi connectivity index (χ4v) is 3.30. The summed E-state index contributed by atoms with van der Waals surface area (Å²) >= 11 is 0. The van der Waals surface area contributed by atoms with Gasteiger partial charge in [-0.1, -0.05) is 6.07 Å². The first-order valence-corrected chi connectivity index (χ1v) is 8.48. The number of hydrogen-bond acceptors (Lipinski definition) is 6. The van der Waals surface area contributed by atoms with E-state index in [2.05, 4.69) is 9.60 Å². The van der Waals surface area contributed by atoms with Crippen molar-refractivity contribution in [2.75, 3.05) is 11.9 Å². The number of rotatable bonds is 4. The van der Waals surface area contributed by atoms with Crippen molar-refractivity contribution in [1.82, 2.24) is 9.96 Å². The normalized spacial score (nSPS) is 23.5. The Hall–Kier alpha value is -2.37. The van der Waals surface area contributed by atoms with Gasteiger partial charge in [-0.25, -0.2) is 4.79 Å². The molecule has 2 aliphatic heterocycles. The minimum Gasteiger partial charge on any atom is -0.508 e. The number of nitrogens with one attached hydrogen (secondary N) is 1. The van der Waals surface area contributed by atoms with Crippen molar-refractivity contribution < 1.29 is 31.9 Å². The number of anilines is 1. The van der Waals surface area contributed by atoms with E-state index in [0.29, 0.717) is 23.6 Å². The molecule has 2 bridgehead atoms. The molecule has 11 heteroatoms. The van der Waals surface area contributed by atoms with E-state index in [4.69, 9.17) is 4.55 Å². The SMILES string of the molecule is O=C(Nc1cccc(O)c1)[C@@H]1CC[C@@H]2CN1C(=O)N2OS(=O)(=O)O. The Morgan fingerprint density at radius 1 is 1.33 bits per heavy atom. The van der Waals surface area contributed by atoms with Crippen LogP contribution in [0.3, 0.4) is 0 Å². The molecule has 2 heterocycles. The zero-order chi connectivity index (χ0) is 17.5. The minimum absolute atomic E-state index is 0.0125. The van der Waals surface area contributed by atoms with Gasteiger partial charge in [0.2, 0.25) is 5.91 Å². The van der Waals surface area contributed by atoms with Crippen LogP contribution in [0.1, 0.15) is 12.8 Å². The average molecular weight is 357 g/mol. The molecule has 2 saturated heterocycles. The van der Waals surface area contributed by atoms with Crippen LogP contribution in [0, 0.1) is 0 Å². The van der Waals surface area contributed by atoms with Gasteiger partial charge in [-0.3, -0.25) is 9.35 Å². The van der Waals surface area contributed by atoms with Crippen LogP contribution in [0.15, 0.2) is 24.3 Å². The Morgan fingerprint density at radius 3 is 2.75 bits per heavy atom. The predicted octanol–water partition coefficient (Wildman–Crippen LogP) is 0.334. The number of nitrogens with zero attached hydrogens (tertiary/aromatic N) is 2. The molecule has 0 aliphatic carbocycles. The number of benzene rings is 1. The Labute approximate surface area is 137 Å². The van der Waals surface area contributed by atoms with Crippen molar-refractivity contribution in [3.8, 4) is 5.75 Å². The fraction of sp³-hybridized carbons (Fsp3) is 0.385. The number of carbonyl (C=O) groups excluding carboxylic acids is 2. The van der Waals surface area contributed by atoms with Gasteiger partial charge in [0.05, 0.1) is 6.04 Å². The largest absolute Gasteiger partial charge is 0.508 e. The first-order chi connectivity index (χ1) is 11.2. The quantitative estimate of drug-likeness (QED) is 0.661. The van der Waals surface area contributed by atoms with Crippen LogP contribution in [-0.2, 0) is 19.5 Å². The van der Waals surface area contributed by atoms with E-state index in [9.17, 15) is 23.1 Å². The molecule has 24 heavy (non-hydrogen) atoms. The minimum atomic E-state index is -4.82. The van der Waals surface area contributed by atoms with Gasteiger partial charge in [0, 0.05) is 18.3 Å². The second-order valence-corrected chi connectivity index (χ2v) is 6.55. The number of urea groups is 1. The van der Waals surface area contributed by atoms with Crippen molar-refractivity contribution in [2.45, 2.75) is 24.9 Å². The smallest absolute Gasteiger partial charge is 0.418 e. The molecule has 2 aliphatic rings. The topological polar surface area (TPSA) is 136 Å². The Balaban J connectivity index is 1.73. The van der Waals surface area contributed by atoms with E-state index in [1.807, 2.05) is 0 Å². The average Bonchev–Trinajstić information content (AvgIpc) is 2.71. The van der Waals surface area contributed by atoms with E-state index in [1.165, 1.54) is 17.0 Å². The molecule has 0 spiro atoms. The van der Waals surface area contributed by atoms with Gasteiger partial charge >= 0.3 is 16.4 Å². The highest BCUT2D eigenvalue weighted by Gasteiger charge is 2.49. The number of hydrogen-bond donors (Lipinski definition) is 3. The summed E-state index contributed by atoms with van der Waals surface area (Å²) in [6, 6.07) is 3.81. The monoisotopic (exact) mass is 357 g/mol. The zero-order valence-corrected chi connectivity index (χ0v) is 13.1. The highest BCUT2D eigenvalue weighted by atomic mass is 32.3. The number of hydroxylamine groups is 2. The lowest BCUT2D eigenvalue weighted by Gasteiger charge is -2.29. The molecule has 0 unspecified atom stereocenters. The standard InChI is InChI=1S/C13H15N3O7S/c17-10-3-1-2-8(6-10)14-12(18)11-5-4-9-7-15(11)13(19)16(9)23-24(20,21)22/h1-3,6,9,11,17H,4-5,7H2,(H,14,18)(H,20,21,22)/t9-,11+/m1/s1. The molecule has 2 atom stereocenters. The number of phenols is 1. The Kier molecular flexibility index (Phi) is 4.07. The third-order valence-corrected chi connectivity index (χ3v) is 4.26. The van der Waals surface area contributed by atoms with Crippen LogP contribution in [0.5, 0.6) is 5.75 Å². The second-order valence-electron chi connectivity index (χ2n) is 5.55. The third kappa shape index (κ3) is 3.27. The lowest BCUT2D eigenvalue weighted by Crippen LogP contribution is -2.47. The van der Waals surface area contributed by atoms with E-state index < -0.39 is 34.4 Å². The van der Waals surface area contributed by atoms with Crippen molar-refractivity contribution in [2.24, 2.45) is 0 Å². The summed E-state index contributed by atoms with van der Waals surface area (Å²) in [6.45, 7) is 0.118. The highest BCUT2D eigenvalue weighted by molar-refractivity contribution is 7.80. The molecular formula is C13H15N3O7S. The van der Waals surface area contributed by atoms with Crippen molar-refractivity contribution in [3.05, 3.63) is 24.3 Å². The summed E-state index contributed by atoms with van der Waals surface area (Å²) in [6.07, 6.45) is 0.655. The summed E-state index contributed by atoms with van der Waals surface area (Å²) in [5, 5.41) is 12.6. The molecule has 0 saturated carbocycles. The van der Waals surface area contributed by atoms with E-state index in [0.717, 1.165) is 0 Å². The van der Waals surface area contributed by atoms with Gasteiger partial charge in [0.1, 0.15) is 11.8 Å². The van der Waals surface area contributed by atoms with Crippen LogP contribution in [0.4, 0.5) is 10.5 Å². The molecule has 0 aromatic heterocycles. The Bertz CT molecular complexity index is 782. The maximum atomic E-state index is 12.4. The highest BCUT2D eigenvalue weighted by Crippen LogP contribution is 2.31. The van der Waals surface area contributed by atoms with E-state index in [-0.39, 0.29) is 12.3 Å². The number of fused-ring (bicyclic) bond motifs is 2. The van der Waals surface area contributed by atoms with Gasteiger partial charge in [-0.2, -0.15) is 13.5 Å². The van der Waals surface area contributed by atoms with Gasteiger partial charge in [0.25, 0.3) is 0 Å². The zero-order valence-electron chi connectivity index (χ0n) is 12.3. The summed E-state index contributed by atoms with van der Waals surface area (Å²) in [5.74, 6) is -0.470. The summed E-state index contributed by atoms with van der Waals surface area (Å²) in [5.41, 5.74) is 0.375. The third-order valence-electron chi connectivity index (χ3n) is 3.91. The van der Waals surface area contributed by atoms with E-state index in [1.54, 1.807) is 12.1 Å². The number of carbonyl (C=O) groups is 2. The van der Waals surface area contributed by atoms with Crippen LogP contribution in [0.2, 0.25) is 0 Å². The molecule has 2 fully saturated rings. The van der Waals surface area contributed by atoms with Gasteiger partial charge in [0.15, 0.2) is 0 Å². The molecule has 3 N–H and O–H groups in total. The second kappa shape index (κ2) is 5.92. The molecule has 3 amide bonds. The summed E-state index contributed by atoms with van der Waals surface area (Å²) in [4.78, 5) is 25.8. The molecule has 130 valence electrons. The first-order valence-electron chi connectivity index (χ1n) is 7.11. The number of piperidine rings is 1. The van der Waals surface area contributed by atoms with Gasteiger partial charge < -0.3 is 15.3 Å². The molecule has 1 aromatic rings. The van der Waals surface area contributed by atoms with E-state index >= 15 is 0 Å². The van der Waals surface area contributed by atoms with Crippen molar-refractivity contribution in [3.63, 3.8) is 0 Å². The van der Waals surface area contributed by atoms with Crippen LogP contribution in [0.25, 0.3) is 0 Å². The maximum Gasteiger partial charge on any atom is 0.418 e. The fourth-order valence-electron chi connectivity index (χ4n) is 2.91. The van der Waals surface area contributed by atoms with Gasteiger partial charge in [-0.05, 0) is 25.0 Å². The summed E-state index contributed by atoms with van der Waals surface area (Å²) in [7, 11) is -4.82. The first kappa shape index (κ1) is 16.5. The molecular weight excluding hydrogens is 342 g/mol. The Morgan fingerprint density at radius 2 is 2.08 bits per heavy atom. The van der Waals surface area contributed by atoms with Crippen molar-refractivity contribution in [1.29, 1.82) is 0 Å². The molecule has 10 nitrogen and oxygen atoms in total.